The zero-order valence-electron chi connectivity index (χ0n) is 18.3. The van der Waals surface area contributed by atoms with Crippen LogP contribution < -0.4 is 14.8 Å². The molecule has 2 heterocycles. The van der Waals surface area contributed by atoms with Crippen LogP contribution in [0, 0.1) is 20.8 Å². The summed E-state index contributed by atoms with van der Waals surface area (Å²) in [5, 5.41) is 2.86. The number of hydrogen-bond acceptors (Lipinski definition) is 6. The average Bonchev–Trinajstić information content (AvgIpc) is 3.13. The maximum Gasteiger partial charge on any atom is 0.259 e. The molecule has 4 aromatic rings. The summed E-state index contributed by atoms with van der Waals surface area (Å²) in [5.74, 6) is 2.54. The SMILES string of the molecule is COc1ccccc1C(=O)Nc1ccc(Oc2cc(-n3cnc(C)c3C)nc(C)n2)cc1. The quantitative estimate of drug-likeness (QED) is 0.480. The van der Waals surface area contributed by atoms with E-state index in [-0.39, 0.29) is 5.91 Å². The Labute approximate surface area is 185 Å². The van der Waals surface area contributed by atoms with E-state index in [2.05, 4.69) is 20.3 Å². The number of methoxy groups -OCH3 is 1. The Balaban J connectivity index is 1.49. The van der Waals surface area contributed by atoms with E-state index in [9.17, 15) is 4.79 Å². The van der Waals surface area contributed by atoms with Gasteiger partial charge in [0.15, 0.2) is 0 Å². The van der Waals surface area contributed by atoms with Crippen molar-refractivity contribution in [3.8, 4) is 23.2 Å². The first-order valence-corrected chi connectivity index (χ1v) is 10.0. The van der Waals surface area contributed by atoms with Gasteiger partial charge >= 0.3 is 0 Å². The molecule has 0 unspecified atom stereocenters. The second-order valence-corrected chi connectivity index (χ2v) is 7.18. The smallest absolute Gasteiger partial charge is 0.259 e. The van der Waals surface area contributed by atoms with Gasteiger partial charge in [-0.25, -0.2) is 9.97 Å². The van der Waals surface area contributed by atoms with Crippen molar-refractivity contribution in [1.29, 1.82) is 0 Å². The summed E-state index contributed by atoms with van der Waals surface area (Å²) in [6, 6.07) is 15.9. The molecule has 8 heteroatoms. The first-order valence-electron chi connectivity index (χ1n) is 10.0. The highest BCUT2D eigenvalue weighted by Crippen LogP contribution is 2.25. The van der Waals surface area contributed by atoms with Gasteiger partial charge in [-0.05, 0) is 57.2 Å². The Morgan fingerprint density at radius 3 is 2.44 bits per heavy atom. The summed E-state index contributed by atoms with van der Waals surface area (Å²) < 4.78 is 13.1. The van der Waals surface area contributed by atoms with Crippen LogP contribution in [0.25, 0.3) is 5.82 Å². The number of aryl methyl sites for hydroxylation is 2. The van der Waals surface area contributed by atoms with Gasteiger partial charge in [-0.1, -0.05) is 12.1 Å². The summed E-state index contributed by atoms with van der Waals surface area (Å²) in [6.45, 7) is 5.75. The predicted octanol–water partition coefficient (Wildman–Crippen LogP) is 4.64. The zero-order chi connectivity index (χ0) is 22.7. The molecule has 0 aliphatic heterocycles. The van der Waals surface area contributed by atoms with Gasteiger partial charge in [0.1, 0.15) is 29.5 Å². The first-order chi connectivity index (χ1) is 15.4. The Kier molecular flexibility index (Phi) is 5.85. The van der Waals surface area contributed by atoms with Crippen molar-refractivity contribution in [2.45, 2.75) is 20.8 Å². The highest BCUT2D eigenvalue weighted by atomic mass is 16.5. The van der Waals surface area contributed by atoms with Crippen LogP contribution in [0.15, 0.2) is 60.9 Å². The van der Waals surface area contributed by atoms with E-state index in [1.165, 1.54) is 7.11 Å². The third kappa shape index (κ3) is 4.44. The zero-order valence-corrected chi connectivity index (χ0v) is 18.3. The van der Waals surface area contributed by atoms with Gasteiger partial charge < -0.3 is 14.8 Å². The number of ether oxygens (including phenoxy) is 2. The Morgan fingerprint density at radius 1 is 1.00 bits per heavy atom. The predicted molar refractivity (Wildman–Crippen MR) is 121 cm³/mol. The summed E-state index contributed by atoms with van der Waals surface area (Å²) in [7, 11) is 1.54. The molecule has 1 N–H and O–H groups in total. The molecule has 2 aromatic carbocycles. The van der Waals surface area contributed by atoms with Gasteiger partial charge in [0, 0.05) is 17.4 Å². The first kappa shape index (κ1) is 21.0. The van der Waals surface area contributed by atoms with E-state index < -0.39 is 0 Å². The van der Waals surface area contributed by atoms with Crippen molar-refractivity contribution in [1.82, 2.24) is 19.5 Å². The molecule has 0 saturated carbocycles. The topological polar surface area (TPSA) is 91.2 Å². The standard InChI is InChI=1S/C24H23N5O3/c1-15-16(2)29(14-25-15)22-13-23(27-17(3)26-22)32-19-11-9-18(10-12-19)28-24(30)20-7-5-6-8-21(20)31-4/h5-14H,1-4H3,(H,28,30). The maximum absolute atomic E-state index is 12.6. The van der Waals surface area contributed by atoms with Crippen LogP contribution in [0.4, 0.5) is 5.69 Å². The Hall–Kier alpha value is -4.20. The lowest BCUT2D eigenvalue weighted by Crippen LogP contribution is -2.13. The maximum atomic E-state index is 12.6. The molecule has 0 atom stereocenters. The number of rotatable bonds is 6. The minimum absolute atomic E-state index is 0.252. The fourth-order valence-electron chi connectivity index (χ4n) is 3.19. The number of amides is 1. The van der Waals surface area contributed by atoms with E-state index in [1.807, 2.05) is 31.4 Å². The fraction of sp³-hybridized carbons (Fsp3) is 0.167. The van der Waals surface area contributed by atoms with Crippen molar-refractivity contribution < 1.29 is 14.3 Å². The molecule has 8 nitrogen and oxygen atoms in total. The number of carbonyl (C=O) groups is 1. The average molecular weight is 429 g/mol. The monoisotopic (exact) mass is 429 g/mol. The molecule has 0 spiro atoms. The number of benzene rings is 2. The van der Waals surface area contributed by atoms with E-state index in [0.717, 1.165) is 11.4 Å². The Morgan fingerprint density at radius 2 is 1.75 bits per heavy atom. The molecule has 0 aliphatic rings. The molecule has 0 aliphatic carbocycles. The summed E-state index contributed by atoms with van der Waals surface area (Å²) >= 11 is 0. The van der Waals surface area contributed by atoms with Crippen LogP contribution >= 0.6 is 0 Å². The van der Waals surface area contributed by atoms with Crippen molar-refractivity contribution in [3.05, 3.63) is 83.7 Å². The molecule has 4 rings (SSSR count). The number of carbonyl (C=O) groups excluding carboxylic acids is 1. The minimum atomic E-state index is -0.252. The van der Waals surface area contributed by atoms with Gasteiger partial charge in [-0.15, -0.1) is 0 Å². The molecule has 162 valence electrons. The molecule has 0 saturated heterocycles. The van der Waals surface area contributed by atoms with Crippen LogP contribution in [0.3, 0.4) is 0 Å². The molecular weight excluding hydrogens is 406 g/mol. The van der Waals surface area contributed by atoms with E-state index >= 15 is 0 Å². The number of aromatic nitrogens is 4. The number of hydrogen-bond donors (Lipinski definition) is 1. The van der Waals surface area contributed by atoms with Gasteiger partial charge in [0.25, 0.3) is 5.91 Å². The number of nitrogens with zero attached hydrogens (tertiary/aromatic N) is 4. The van der Waals surface area contributed by atoms with Crippen LogP contribution in [0.5, 0.6) is 17.4 Å². The molecular formula is C24H23N5O3. The lowest BCUT2D eigenvalue weighted by atomic mass is 10.2. The third-order valence-electron chi connectivity index (χ3n) is 4.99. The van der Waals surface area contributed by atoms with Gasteiger partial charge in [0.2, 0.25) is 5.88 Å². The summed E-state index contributed by atoms with van der Waals surface area (Å²) in [5.41, 5.74) is 3.04. The largest absolute Gasteiger partial charge is 0.496 e. The highest BCUT2D eigenvalue weighted by Gasteiger charge is 2.13. The fourth-order valence-corrected chi connectivity index (χ4v) is 3.19. The molecule has 1 amide bonds. The van der Waals surface area contributed by atoms with E-state index in [4.69, 9.17) is 9.47 Å². The number of para-hydroxylation sites is 1. The van der Waals surface area contributed by atoms with E-state index in [1.54, 1.807) is 54.9 Å². The lowest BCUT2D eigenvalue weighted by molar-refractivity contribution is 0.102. The summed E-state index contributed by atoms with van der Waals surface area (Å²) in [4.78, 5) is 25.7. The van der Waals surface area contributed by atoms with Crippen LogP contribution in [0.1, 0.15) is 27.6 Å². The Bertz CT molecular complexity index is 1270. The second-order valence-electron chi connectivity index (χ2n) is 7.18. The van der Waals surface area contributed by atoms with E-state index in [0.29, 0.717) is 40.3 Å². The minimum Gasteiger partial charge on any atom is -0.496 e. The van der Waals surface area contributed by atoms with Gasteiger partial charge in [-0.3, -0.25) is 9.36 Å². The molecule has 2 aromatic heterocycles. The molecule has 32 heavy (non-hydrogen) atoms. The lowest BCUT2D eigenvalue weighted by Gasteiger charge is -2.11. The number of nitrogens with one attached hydrogen (secondary N) is 1. The van der Waals surface area contributed by atoms with Crippen LogP contribution in [-0.4, -0.2) is 32.5 Å². The summed E-state index contributed by atoms with van der Waals surface area (Å²) in [6.07, 6.45) is 1.73. The number of anilines is 1. The van der Waals surface area contributed by atoms with Gasteiger partial charge in [0.05, 0.1) is 18.4 Å². The van der Waals surface area contributed by atoms with Crippen molar-refractivity contribution in [3.63, 3.8) is 0 Å². The van der Waals surface area contributed by atoms with Crippen molar-refractivity contribution >= 4 is 11.6 Å². The second kappa shape index (κ2) is 8.89. The van der Waals surface area contributed by atoms with Crippen molar-refractivity contribution in [2.24, 2.45) is 0 Å². The van der Waals surface area contributed by atoms with Crippen molar-refractivity contribution in [2.75, 3.05) is 12.4 Å². The number of imidazole rings is 1. The van der Waals surface area contributed by atoms with Gasteiger partial charge in [-0.2, -0.15) is 4.98 Å². The van der Waals surface area contributed by atoms with Crippen LogP contribution in [-0.2, 0) is 0 Å². The van der Waals surface area contributed by atoms with Crippen LogP contribution in [0.2, 0.25) is 0 Å². The molecule has 0 fully saturated rings. The third-order valence-corrected chi connectivity index (χ3v) is 4.99. The highest BCUT2D eigenvalue weighted by molar-refractivity contribution is 6.06. The molecule has 0 bridgehead atoms. The normalized spacial score (nSPS) is 10.6. The molecule has 0 radical (unpaired) electrons.